The SMILES string of the molecule is CC(c1ccccc1)N1C(=O)C[C@@H]1C. The Morgan fingerprint density at radius 1 is 1.36 bits per heavy atom. The van der Waals surface area contributed by atoms with Crippen molar-refractivity contribution < 1.29 is 4.79 Å². The third-order valence-corrected chi connectivity index (χ3v) is 2.93. The molecule has 0 bridgehead atoms. The molecule has 0 saturated carbocycles. The zero-order chi connectivity index (χ0) is 10.1. The molecule has 1 heterocycles. The van der Waals surface area contributed by atoms with Crippen LogP contribution < -0.4 is 0 Å². The number of rotatable bonds is 2. The average molecular weight is 189 g/mol. The average Bonchev–Trinajstić information content (AvgIpc) is 2.18. The van der Waals surface area contributed by atoms with Crippen LogP contribution in [0.2, 0.25) is 0 Å². The summed E-state index contributed by atoms with van der Waals surface area (Å²) in [4.78, 5) is 13.3. The molecule has 0 aliphatic carbocycles. The molecule has 74 valence electrons. The second kappa shape index (κ2) is 3.45. The fraction of sp³-hybridized carbons (Fsp3) is 0.417. The molecule has 1 aromatic rings. The van der Waals surface area contributed by atoms with Gasteiger partial charge in [0.25, 0.3) is 0 Å². The lowest BCUT2D eigenvalue weighted by molar-refractivity contribution is -0.148. The van der Waals surface area contributed by atoms with Gasteiger partial charge in [-0.1, -0.05) is 30.3 Å². The lowest BCUT2D eigenvalue weighted by Crippen LogP contribution is -2.51. The Bertz CT molecular complexity index is 333. The molecule has 1 aliphatic rings. The van der Waals surface area contributed by atoms with Crippen molar-refractivity contribution in [3.05, 3.63) is 35.9 Å². The molecule has 2 nitrogen and oxygen atoms in total. The van der Waals surface area contributed by atoms with Gasteiger partial charge in [0, 0.05) is 12.5 Å². The number of carbonyl (C=O) groups excluding carboxylic acids is 1. The molecule has 0 radical (unpaired) electrons. The van der Waals surface area contributed by atoms with E-state index < -0.39 is 0 Å². The van der Waals surface area contributed by atoms with E-state index in [9.17, 15) is 4.79 Å². The third kappa shape index (κ3) is 1.41. The second-order valence-corrected chi connectivity index (χ2v) is 3.94. The molecular formula is C12H15NO. The van der Waals surface area contributed by atoms with Crippen molar-refractivity contribution in [1.82, 2.24) is 4.90 Å². The highest BCUT2D eigenvalue weighted by atomic mass is 16.2. The quantitative estimate of drug-likeness (QED) is 0.654. The van der Waals surface area contributed by atoms with Crippen LogP contribution in [0.25, 0.3) is 0 Å². The summed E-state index contributed by atoms with van der Waals surface area (Å²) in [7, 11) is 0. The summed E-state index contributed by atoms with van der Waals surface area (Å²) >= 11 is 0. The van der Waals surface area contributed by atoms with E-state index in [4.69, 9.17) is 0 Å². The maximum absolute atomic E-state index is 11.4. The number of hydrogen-bond donors (Lipinski definition) is 0. The Kier molecular flexibility index (Phi) is 2.28. The highest BCUT2D eigenvalue weighted by Gasteiger charge is 2.36. The van der Waals surface area contributed by atoms with Crippen molar-refractivity contribution >= 4 is 5.91 Å². The van der Waals surface area contributed by atoms with Gasteiger partial charge in [-0.2, -0.15) is 0 Å². The molecular weight excluding hydrogens is 174 g/mol. The molecule has 2 atom stereocenters. The predicted molar refractivity (Wildman–Crippen MR) is 55.8 cm³/mol. The van der Waals surface area contributed by atoms with Crippen molar-refractivity contribution in [1.29, 1.82) is 0 Å². The Labute approximate surface area is 84.5 Å². The van der Waals surface area contributed by atoms with E-state index >= 15 is 0 Å². The Morgan fingerprint density at radius 3 is 2.50 bits per heavy atom. The lowest BCUT2D eigenvalue weighted by Gasteiger charge is -2.43. The molecule has 0 spiro atoms. The number of hydrogen-bond acceptors (Lipinski definition) is 1. The number of nitrogens with zero attached hydrogens (tertiary/aromatic N) is 1. The number of likely N-dealkylation sites (tertiary alicyclic amines) is 1. The maximum atomic E-state index is 11.4. The summed E-state index contributed by atoms with van der Waals surface area (Å²) in [5.41, 5.74) is 1.22. The standard InChI is InChI=1S/C12H15NO/c1-9-8-12(14)13(9)10(2)11-6-4-3-5-7-11/h3-7,9-10H,8H2,1-2H3/t9-,10?/m0/s1. The fourth-order valence-corrected chi connectivity index (χ4v) is 2.08. The van der Waals surface area contributed by atoms with E-state index in [1.54, 1.807) is 0 Å². The topological polar surface area (TPSA) is 20.3 Å². The van der Waals surface area contributed by atoms with Gasteiger partial charge in [-0.05, 0) is 19.4 Å². The van der Waals surface area contributed by atoms with Crippen molar-refractivity contribution in [2.75, 3.05) is 0 Å². The van der Waals surface area contributed by atoms with Gasteiger partial charge in [0.1, 0.15) is 0 Å². The maximum Gasteiger partial charge on any atom is 0.225 e. The molecule has 1 aromatic carbocycles. The first kappa shape index (κ1) is 9.25. The molecule has 1 aliphatic heterocycles. The zero-order valence-corrected chi connectivity index (χ0v) is 8.60. The zero-order valence-electron chi connectivity index (χ0n) is 8.60. The van der Waals surface area contributed by atoms with Gasteiger partial charge in [-0.25, -0.2) is 0 Å². The largest absolute Gasteiger partial charge is 0.333 e. The van der Waals surface area contributed by atoms with Crippen molar-refractivity contribution in [3.63, 3.8) is 0 Å². The molecule has 1 fully saturated rings. The van der Waals surface area contributed by atoms with Gasteiger partial charge in [0.2, 0.25) is 5.91 Å². The lowest BCUT2D eigenvalue weighted by atomic mass is 9.97. The van der Waals surface area contributed by atoms with Crippen LogP contribution in [-0.2, 0) is 4.79 Å². The highest BCUT2D eigenvalue weighted by Crippen LogP contribution is 2.30. The van der Waals surface area contributed by atoms with Crippen molar-refractivity contribution in [2.24, 2.45) is 0 Å². The minimum Gasteiger partial charge on any atom is -0.333 e. The van der Waals surface area contributed by atoms with Gasteiger partial charge in [0.15, 0.2) is 0 Å². The monoisotopic (exact) mass is 189 g/mol. The van der Waals surface area contributed by atoms with E-state index in [2.05, 4.69) is 26.0 Å². The summed E-state index contributed by atoms with van der Waals surface area (Å²) in [6, 6.07) is 10.8. The fourth-order valence-electron chi connectivity index (χ4n) is 2.08. The van der Waals surface area contributed by atoms with Crippen LogP contribution in [0.15, 0.2) is 30.3 Å². The predicted octanol–water partition coefficient (Wildman–Crippen LogP) is 2.37. The van der Waals surface area contributed by atoms with E-state index in [0.717, 1.165) is 0 Å². The Balaban J connectivity index is 2.16. The Morgan fingerprint density at radius 2 is 2.00 bits per heavy atom. The first-order valence-corrected chi connectivity index (χ1v) is 5.06. The third-order valence-electron chi connectivity index (χ3n) is 2.93. The van der Waals surface area contributed by atoms with Crippen LogP contribution in [0, 0.1) is 0 Å². The number of carbonyl (C=O) groups is 1. The van der Waals surface area contributed by atoms with Crippen molar-refractivity contribution in [3.8, 4) is 0 Å². The second-order valence-electron chi connectivity index (χ2n) is 3.94. The molecule has 2 rings (SSSR count). The first-order valence-electron chi connectivity index (χ1n) is 5.06. The van der Waals surface area contributed by atoms with Crippen LogP contribution in [0.5, 0.6) is 0 Å². The minimum atomic E-state index is 0.215. The smallest absolute Gasteiger partial charge is 0.225 e. The molecule has 0 aromatic heterocycles. The molecule has 0 N–H and O–H groups in total. The van der Waals surface area contributed by atoms with Gasteiger partial charge < -0.3 is 4.90 Å². The highest BCUT2D eigenvalue weighted by molar-refractivity contribution is 5.83. The van der Waals surface area contributed by atoms with E-state index in [-0.39, 0.29) is 11.9 Å². The summed E-state index contributed by atoms with van der Waals surface area (Å²) in [6.45, 7) is 4.18. The first-order chi connectivity index (χ1) is 6.70. The van der Waals surface area contributed by atoms with Gasteiger partial charge >= 0.3 is 0 Å². The molecule has 2 heteroatoms. The van der Waals surface area contributed by atoms with Crippen LogP contribution in [0.4, 0.5) is 0 Å². The van der Waals surface area contributed by atoms with Crippen LogP contribution in [0.3, 0.4) is 0 Å². The number of amides is 1. The van der Waals surface area contributed by atoms with E-state index in [1.807, 2.05) is 23.1 Å². The minimum absolute atomic E-state index is 0.215. The van der Waals surface area contributed by atoms with Gasteiger partial charge in [-0.15, -0.1) is 0 Å². The van der Waals surface area contributed by atoms with Crippen molar-refractivity contribution in [2.45, 2.75) is 32.4 Å². The molecule has 1 saturated heterocycles. The van der Waals surface area contributed by atoms with E-state index in [0.29, 0.717) is 12.5 Å². The molecule has 1 unspecified atom stereocenters. The van der Waals surface area contributed by atoms with Crippen LogP contribution in [-0.4, -0.2) is 16.8 Å². The number of β-lactam (4-membered cyclic amide) rings is 1. The van der Waals surface area contributed by atoms with E-state index in [1.165, 1.54) is 5.56 Å². The number of benzene rings is 1. The summed E-state index contributed by atoms with van der Waals surface area (Å²) < 4.78 is 0. The normalized spacial score (nSPS) is 23.1. The van der Waals surface area contributed by atoms with Gasteiger partial charge in [-0.3, -0.25) is 4.79 Å². The van der Waals surface area contributed by atoms with Gasteiger partial charge in [0.05, 0.1) is 6.04 Å². The summed E-state index contributed by atoms with van der Waals surface area (Å²) in [6.07, 6.45) is 0.706. The molecule has 14 heavy (non-hydrogen) atoms. The summed E-state index contributed by atoms with van der Waals surface area (Å²) in [5, 5.41) is 0. The Hall–Kier alpha value is -1.31. The summed E-state index contributed by atoms with van der Waals surface area (Å²) in [5.74, 6) is 0.272. The molecule has 1 amide bonds. The van der Waals surface area contributed by atoms with Crippen LogP contribution in [0.1, 0.15) is 31.9 Å². The van der Waals surface area contributed by atoms with Crippen LogP contribution >= 0.6 is 0 Å².